The van der Waals surface area contributed by atoms with Gasteiger partial charge in [-0.2, -0.15) is 0 Å². The summed E-state index contributed by atoms with van der Waals surface area (Å²) in [7, 11) is 2.09. The van der Waals surface area contributed by atoms with Crippen LogP contribution in [0.25, 0.3) is 0 Å². The summed E-state index contributed by atoms with van der Waals surface area (Å²) in [5.41, 5.74) is 2.87. The summed E-state index contributed by atoms with van der Waals surface area (Å²) in [5.74, 6) is 1.37. The number of likely N-dealkylation sites (N-methyl/N-ethyl adjacent to an activating group) is 1. The normalized spacial score (nSPS) is 18.7. The number of hydrogen-bond donors (Lipinski definition) is 1. The fourth-order valence-electron chi connectivity index (χ4n) is 2.92. The van der Waals surface area contributed by atoms with Gasteiger partial charge in [0.2, 0.25) is 0 Å². The van der Waals surface area contributed by atoms with Crippen molar-refractivity contribution in [1.29, 1.82) is 0 Å². The van der Waals surface area contributed by atoms with Crippen LogP contribution in [-0.2, 0) is 11.2 Å². The monoisotopic (exact) mass is 261 g/mol. The Bertz CT molecular complexity index is 365. The maximum atomic E-state index is 5.46. The highest BCUT2D eigenvalue weighted by Gasteiger charge is 2.22. The molecule has 19 heavy (non-hydrogen) atoms. The average Bonchev–Trinajstić information content (AvgIpc) is 2.46. The van der Waals surface area contributed by atoms with E-state index in [1.807, 2.05) is 0 Å². The third-order valence-electron chi connectivity index (χ3n) is 4.31. The molecule has 0 aromatic heterocycles. The summed E-state index contributed by atoms with van der Waals surface area (Å²) >= 11 is 0. The van der Waals surface area contributed by atoms with E-state index in [9.17, 15) is 0 Å². The predicted molar refractivity (Wildman–Crippen MR) is 80.6 cm³/mol. The van der Waals surface area contributed by atoms with E-state index in [0.29, 0.717) is 12.0 Å². The summed E-state index contributed by atoms with van der Waals surface area (Å²) in [6.45, 7) is 6.34. The fraction of sp³-hybridized carbons (Fsp3) is 0.647. The van der Waals surface area contributed by atoms with Crippen LogP contribution in [0, 0.1) is 5.92 Å². The van der Waals surface area contributed by atoms with E-state index in [2.05, 4.69) is 50.5 Å². The van der Waals surface area contributed by atoms with Crippen molar-refractivity contribution in [3.63, 3.8) is 0 Å². The van der Waals surface area contributed by atoms with Gasteiger partial charge >= 0.3 is 0 Å². The van der Waals surface area contributed by atoms with Crippen LogP contribution in [0.1, 0.15) is 43.7 Å². The van der Waals surface area contributed by atoms with Crippen molar-refractivity contribution in [3.8, 4) is 0 Å². The standard InChI is InChI=1S/C17H27NO/c1-13(2)15-6-4-14(5-7-15)12-17(18-3)16-8-10-19-11-9-16/h4-7,13,16-18H,8-12H2,1-3H3. The van der Waals surface area contributed by atoms with E-state index in [-0.39, 0.29) is 0 Å². The molecule has 1 atom stereocenters. The highest BCUT2D eigenvalue weighted by molar-refractivity contribution is 5.25. The zero-order valence-electron chi connectivity index (χ0n) is 12.5. The first kappa shape index (κ1) is 14.5. The molecule has 1 heterocycles. The minimum atomic E-state index is 0.578. The van der Waals surface area contributed by atoms with Gasteiger partial charge in [0.15, 0.2) is 0 Å². The minimum Gasteiger partial charge on any atom is -0.381 e. The SMILES string of the molecule is CNC(Cc1ccc(C(C)C)cc1)C1CCOCC1. The van der Waals surface area contributed by atoms with Gasteiger partial charge in [0, 0.05) is 19.3 Å². The van der Waals surface area contributed by atoms with Crippen molar-refractivity contribution in [2.75, 3.05) is 20.3 Å². The molecule has 2 nitrogen and oxygen atoms in total. The van der Waals surface area contributed by atoms with Crippen molar-refractivity contribution in [1.82, 2.24) is 5.32 Å². The highest BCUT2D eigenvalue weighted by atomic mass is 16.5. The molecule has 1 aromatic carbocycles. The molecule has 1 saturated heterocycles. The van der Waals surface area contributed by atoms with Crippen LogP contribution in [0.2, 0.25) is 0 Å². The Balaban J connectivity index is 1.97. The first-order valence-electron chi connectivity index (χ1n) is 7.54. The van der Waals surface area contributed by atoms with Crippen LogP contribution in [0.3, 0.4) is 0 Å². The smallest absolute Gasteiger partial charge is 0.0469 e. The van der Waals surface area contributed by atoms with Crippen LogP contribution in [0.5, 0.6) is 0 Å². The number of hydrogen-bond acceptors (Lipinski definition) is 2. The summed E-state index contributed by atoms with van der Waals surface area (Å²) in [6.07, 6.45) is 3.50. The van der Waals surface area contributed by atoms with Gasteiger partial charge in [0.1, 0.15) is 0 Å². The van der Waals surface area contributed by atoms with Crippen molar-refractivity contribution >= 4 is 0 Å². The molecule has 1 aliphatic heterocycles. The Morgan fingerprint density at radius 3 is 2.32 bits per heavy atom. The Labute approximate surface area is 117 Å². The molecule has 2 rings (SSSR count). The quantitative estimate of drug-likeness (QED) is 0.877. The van der Waals surface area contributed by atoms with E-state index in [4.69, 9.17) is 4.74 Å². The van der Waals surface area contributed by atoms with Crippen molar-refractivity contribution in [3.05, 3.63) is 35.4 Å². The predicted octanol–water partition coefficient (Wildman–Crippen LogP) is 3.37. The third-order valence-corrected chi connectivity index (χ3v) is 4.31. The molecule has 1 aromatic rings. The largest absolute Gasteiger partial charge is 0.381 e. The molecule has 0 spiro atoms. The second-order valence-corrected chi connectivity index (χ2v) is 5.95. The molecule has 0 bridgehead atoms. The lowest BCUT2D eigenvalue weighted by Gasteiger charge is -2.30. The van der Waals surface area contributed by atoms with E-state index in [0.717, 1.165) is 25.6 Å². The van der Waals surface area contributed by atoms with Gasteiger partial charge in [-0.25, -0.2) is 0 Å². The lowest BCUT2D eigenvalue weighted by Crippen LogP contribution is -2.38. The molecule has 0 saturated carbocycles. The average molecular weight is 261 g/mol. The Kier molecular flexibility index (Phi) is 5.41. The van der Waals surface area contributed by atoms with Crippen LogP contribution >= 0.6 is 0 Å². The second-order valence-electron chi connectivity index (χ2n) is 5.95. The summed E-state index contributed by atoms with van der Waals surface area (Å²) in [6, 6.07) is 9.71. The summed E-state index contributed by atoms with van der Waals surface area (Å²) in [4.78, 5) is 0. The zero-order valence-corrected chi connectivity index (χ0v) is 12.5. The number of benzene rings is 1. The second kappa shape index (κ2) is 7.06. The number of ether oxygens (including phenoxy) is 1. The molecular weight excluding hydrogens is 234 g/mol. The van der Waals surface area contributed by atoms with Crippen molar-refractivity contribution in [2.24, 2.45) is 5.92 Å². The van der Waals surface area contributed by atoms with Crippen LogP contribution in [-0.4, -0.2) is 26.3 Å². The lowest BCUT2D eigenvalue weighted by atomic mass is 9.87. The third kappa shape index (κ3) is 4.05. The van der Waals surface area contributed by atoms with E-state index < -0.39 is 0 Å². The number of nitrogens with one attached hydrogen (secondary N) is 1. The molecule has 1 N–H and O–H groups in total. The maximum absolute atomic E-state index is 5.46. The van der Waals surface area contributed by atoms with Gasteiger partial charge in [-0.15, -0.1) is 0 Å². The van der Waals surface area contributed by atoms with E-state index in [1.165, 1.54) is 24.0 Å². The van der Waals surface area contributed by atoms with Crippen LogP contribution < -0.4 is 5.32 Å². The maximum Gasteiger partial charge on any atom is 0.0469 e. The molecule has 0 amide bonds. The Morgan fingerprint density at radius 1 is 1.16 bits per heavy atom. The van der Waals surface area contributed by atoms with Gasteiger partial charge < -0.3 is 10.1 Å². The molecule has 0 aliphatic carbocycles. The van der Waals surface area contributed by atoms with Crippen molar-refractivity contribution in [2.45, 2.75) is 45.1 Å². The van der Waals surface area contributed by atoms with Gasteiger partial charge in [0.25, 0.3) is 0 Å². The highest BCUT2D eigenvalue weighted by Crippen LogP contribution is 2.22. The van der Waals surface area contributed by atoms with Gasteiger partial charge in [0.05, 0.1) is 0 Å². The van der Waals surface area contributed by atoms with Crippen molar-refractivity contribution < 1.29 is 4.74 Å². The van der Waals surface area contributed by atoms with E-state index >= 15 is 0 Å². The molecular formula is C17H27NO. The zero-order chi connectivity index (χ0) is 13.7. The van der Waals surface area contributed by atoms with Gasteiger partial charge in [-0.05, 0) is 49.3 Å². The summed E-state index contributed by atoms with van der Waals surface area (Å²) < 4.78 is 5.46. The molecule has 2 heteroatoms. The van der Waals surface area contributed by atoms with Crippen LogP contribution in [0.4, 0.5) is 0 Å². The number of rotatable bonds is 5. The minimum absolute atomic E-state index is 0.578. The Morgan fingerprint density at radius 2 is 1.79 bits per heavy atom. The van der Waals surface area contributed by atoms with E-state index in [1.54, 1.807) is 0 Å². The molecule has 106 valence electrons. The fourth-order valence-corrected chi connectivity index (χ4v) is 2.92. The van der Waals surface area contributed by atoms with Crippen LogP contribution in [0.15, 0.2) is 24.3 Å². The first-order valence-corrected chi connectivity index (χ1v) is 7.54. The summed E-state index contributed by atoms with van der Waals surface area (Å²) in [5, 5.41) is 3.50. The first-order chi connectivity index (χ1) is 9.20. The lowest BCUT2D eigenvalue weighted by molar-refractivity contribution is 0.0547. The Hall–Kier alpha value is -0.860. The molecule has 1 aliphatic rings. The molecule has 1 unspecified atom stereocenters. The van der Waals surface area contributed by atoms with Gasteiger partial charge in [-0.1, -0.05) is 38.1 Å². The molecule has 1 fully saturated rings. The van der Waals surface area contributed by atoms with Gasteiger partial charge in [-0.3, -0.25) is 0 Å². The molecule has 0 radical (unpaired) electrons. The topological polar surface area (TPSA) is 21.3 Å².